The highest BCUT2D eigenvalue weighted by Gasteiger charge is 2.34. The molecule has 4 heteroatoms. The van der Waals surface area contributed by atoms with E-state index in [4.69, 9.17) is 4.74 Å². The lowest BCUT2D eigenvalue weighted by Crippen LogP contribution is -2.21. The number of aryl methyl sites for hydroxylation is 1. The zero-order chi connectivity index (χ0) is 23.4. The van der Waals surface area contributed by atoms with Crippen LogP contribution in [0.5, 0.6) is 5.75 Å². The first-order valence-corrected chi connectivity index (χ1v) is 11.4. The number of ether oxygens (including phenoxy) is 1. The van der Waals surface area contributed by atoms with E-state index in [0.29, 0.717) is 11.5 Å². The van der Waals surface area contributed by atoms with Gasteiger partial charge in [0.2, 0.25) is 0 Å². The maximum atomic E-state index is 14.7. The monoisotopic (exact) mass is 448 g/mol. The van der Waals surface area contributed by atoms with Crippen molar-refractivity contribution in [2.45, 2.75) is 51.6 Å². The summed E-state index contributed by atoms with van der Waals surface area (Å²) in [5, 5.41) is 0. The van der Waals surface area contributed by atoms with E-state index in [1.54, 1.807) is 31.2 Å². The third-order valence-corrected chi connectivity index (χ3v) is 6.30. The molecule has 0 radical (unpaired) electrons. The number of benzene rings is 3. The average Bonchev–Trinajstić information content (AvgIpc) is 2.80. The van der Waals surface area contributed by atoms with Crippen LogP contribution >= 0.6 is 0 Å². The SMILES string of the molecule is Cc1ccc(C#Cc2ccc(C(F)(F)Oc3ccc(C4CCC(C)CC4)cc3)cc2)c(F)c1. The van der Waals surface area contributed by atoms with Crippen LogP contribution in [0.4, 0.5) is 13.2 Å². The normalized spacial score (nSPS) is 18.3. The molecule has 0 unspecified atom stereocenters. The molecule has 0 bridgehead atoms. The van der Waals surface area contributed by atoms with E-state index in [1.165, 1.54) is 48.7 Å². The largest absolute Gasteiger partial charge is 0.429 e. The Morgan fingerprint density at radius 3 is 2.15 bits per heavy atom. The van der Waals surface area contributed by atoms with Crippen molar-refractivity contribution in [2.75, 3.05) is 0 Å². The van der Waals surface area contributed by atoms with Gasteiger partial charge in [0.15, 0.2) is 0 Å². The van der Waals surface area contributed by atoms with Gasteiger partial charge in [-0.3, -0.25) is 0 Å². The molecular formula is C29H27F3O. The predicted octanol–water partition coefficient (Wildman–Crippen LogP) is 7.96. The second-order valence-corrected chi connectivity index (χ2v) is 8.96. The molecule has 0 amide bonds. The summed E-state index contributed by atoms with van der Waals surface area (Å²) in [6.07, 6.45) is 1.23. The molecule has 0 saturated heterocycles. The van der Waals surface area contributed by atoms with Crippen molar-refractivity contribution in [1.82, 2.24) is 0 Å². The molecule has 0 N–H and O–H groups in total. The molecule has 0 spiro atoms. The predicted molar refractivity (Wildman–Crippen MR) is 125 cm³/mol. The lowest BCUT2D eigenvalue weighted by molar-refractivity contribution is -0.185. The average molecular weight is 449 g/mol. The Labute approximate surface area is 193 Å². The van der Waals surface area contributed by atoms with Crippen molar-refractivity contribution in [3.63, 3.8) is 0 Å². The molecule has 0 atom stereocenters. The molecule has 1 fully saturated rings. The third-order valence-electron chi connectivity index (χ3n) is 6.30. The molecule has 3 aromatic rings. The van der Waals surface area contributed by atoms with Crippen molar-refractivity contribution in [3.05, 3.63) is 100 Å². The Kier molecular flexibility index (Phi) is 6.79. The van der Waals surface area contributed by atoms with Crippen LogP contribution in [0.2, 0.25) is 0 Å². The van der Waals surface area contributed by atoms with E-state index >= 15 is 0 Å². The zero-order valence-electron chi connectivity index (χ0n) is 18.9. The number of alkyl halides is 2. The quantitative estimate of drug-likeness (QED) is 0.368. The molecule has 1 saturated carbocycles. The van der Waals surface area contributed by atoms with Gasteiger partial charge in [0.1, 0.15) is 11.6 Å². The molecule has 4 rings (SSSR count). The van der Waals surface area contributed by atoms with Crippen LogP contribution in [0, 0.1) is 30.5 Å². The van der Waals surface area contributed by atoms with Crippen LogP contribution in [0.15, 0.2) is 66.7 Å². The lowest BCUT2D eigenvalue weighted by Gasteiger charge is -2.26. The number of halogens is 3. The van der Waals surface area contributed by atoms with Crippen molar-refractivity contribution in [2.24, 2.45) is 5.92 Å². The lowest BCUT2D eigenvalue weighted by atomic mass is 9.79. The van der Waals surface area contributed by atoms with Gasteiger partial charge in [0.05, 0.1) is 11.1 Å². The third kappa shape index (κ3) is 5.79. The van der Waals surface area contributed by atoms with E-state index in [2.05, 4.69) is 18.8 Å². The van der Waals surface area contributed by atoms with Gasteiger partial charge < -0.3 is 4.74 Å². The molecule has 3 aromatic carbocycles. The first kappa shape index (κ1) is 23.0. The van der Waals surface area contributed by atoms with Gasteiger partial charge in [-0.1, -0.05) is 49.8 Å². The maximum absolute atomic E-state index is 14.7. The van der Waals surface area contributed by atoms with E-state index in [0.717, 1.165) is 24.3 Å². The first-order valence-electron chi connectivity index (χ1n) is 11.4. The van der Waals surface area contributed by atoms with E-state index in [9.17, 15) is 13.2 Å². The van der Waals surface area contributed by atoms with Crippen molar-refractivity contribution in [3.8, 4) is 17.6 Å². The van der Waals surface area contributed by atoms with E-state index in [1.807, 2.05) is 12.1 Å². The minimum absolute atomic E-state index is 0.131. The smallest absolute Gasteiger partial charge is 0.426 e. The minimum Gasteiger partial charge on any atom is -0.429 e. The summed E-state index contributed by atoms with van der Waals surface area (Å²) in [6.45, 7) is 4.07. The molecule has 0 heterocycles. The highest BCUT2D eigenvalue weighted by Crippen LogP contribution is 2.37. The van der Waals surface area contributed by atoms with E-state index < -0.39 is 11.9 Å². The Bertz CT molecular complexity index is 1150. The first-order chi connectivity index (χ1) is 15.8. The summed E-state index contributed by atoms with van der Waals surface area (Å²) in [7, 11) is 0. The fourth-order valence-electron chi connectivity index (χ4n) is 4.22. The van der Waals surface area contributed by atoms with Crippen LogP contribution in [0.25, 0.3) is 0 Å². The Morgan fingerprint density at radius 2 is 1.52 bits per heavy atom. The van der Waals surface area contributed by atoms with Crippen molar-refractivity contribution < 1.29 is 17.9 Å². The molecule has 1 aliphatic rings. The molecule has 0 aromatic heterocycles. The van der Waals surface area contributed by atoms with E-state index in [-0.39, 0.29) is 16.9 Å². The second-order valence-electron chi connectivity index (χ2n) is 8.96. The Balaban J connectivity index is 1.42. The van der Waals surface area contributed by atoms with Crippen molar-refractivity contribution in [1.29, 1.82) is 0 Å². The van der Waals surface area contributed by atoms with Gasteiger partial charge in [-0.25, -0.2) is 4.39 Å². The molecule has 1 aliphatic carbocycles. The summed E-state index contributed by atoms with van der Waals surface area (Å²) in [6, 6.07) is 17.4. The van der Waals surface area contributed by atoms with Crippen molar-refractivity contribution >= 4 is 0 Å². The van der Waals surface area contributed by atoms with Gasteiger partial charge in [-0.2, -0.15) is 8.78 Å². The van der Waals surface area contributed by atoms with Gasteiger partial charge in [0, 0.05) is 5.56 Å². The zero-order valence-corrected chi connectivity index (χ0v) is 18.9. The standard InChI is InChI=1S/C29H27F3O/c1-20-3-9-23(10-4-20)24-13-17-27(18-14-24)33-29(31,32)26-15-7-22(8-16-26)6-12-25-11-5-21(2)19-28(25)30/h5,7-8,11,13-20,23H,3-4,9-10H2,1-2H3. The fourth-order valence-corrected chi connectivity index (χ4v) is 4.22. The summed E-state index contributed by atoms with van der Waals surface area (Å²) in [4.78, 5) is 0. The number of hydrogen-bond donors (Lipinski definition) is 0. The van der Waals surface area contributed by atoms with Gasteiger partial charge in [0.25, 0.3) is 0 Å². The van der Waals surface area contributed by atoms with Crippen LogP contribution < -0.4 is 4.74 Å². The summed E-state index contributed by atoms with van der Waals surface area (Å²) >= 11 is 0. The summed E-state index contributed by atoms with van der Waals surface area (Å²) in [5.74, 6) is 6.56. The van der Waals surface area contributed by atoms with Crippen LogP contribution in [-0.4, -0.2) is 0 Å². The number of hydrogen-bond acceptors (Lipinski definition) is 1. The van der Waals surface area contributed by atoms with Crippen LogP contribution in [0.3, 0.4) is 0 Å². The minimum atomic E-state index is -3.48. The highest BCUT2D eigenvalue weighted by atomic mass is 19.3. The summed E-state index contributed by atoms with van der Waals surface area (Å²) in [5.41, 5.74) is 2.51. The second kappa shape index (κ2) is 9.75. The fraction of sp³-hybridized carbons (Fsp3) is 0.310. The van der Waals surface area contributed by atoms with Crippen LogP contribution in [-0.2, 0) is 6.11 Å². The Morgan fingerprint density at radius 1 is 0.848 bits per heavy atom. The van der Waals surface area contributed by atoms with Gasteiger partial charge >= 0.3 is 6.11 Å². The topological polar surface area (TPSA) is 9.23 Å². The molecule has 0 aliphatic heterocycles. The molecule has 33 heavy (non-hydrogen) atoms. The highest BCUT2D eigenvalue weighted by molar-refractivity contribution is 5.45. The summed E-state index contributed by atoms with van der Waals surface area (Å²) < 4.78 is 48.3. The van der Waals surface area contributed by atoms with Gasteiger partial charge in [-0.05, 0) is 91.3 Å². The molecule has 170 valence electrons. The molecular weight excluding hydrogens is 421 g/mol. The molecule has 1 nitrogen and oxygen atoms in total. The van der Waals surface area contributed by atoms with Gasteiger partial charge in [-0.15, -0.1) is 0 Å². The Hall–Kier alpha value is -3.19. The maximum Gasteiger partial charge on any atom is 0.426 e. The van der Waals surface area contributed by atoms with Crippen LogP contribution in [0.1, 0.15) is 66.3 Å². The number of rotatable bonds is 4.